The highest BCUT2D eigenvalue weighted by molar-refractivity contribution is 7.88. The Kier molecular flexibility index (Phi) is 4.43. The van der Waals surface area contributed by atoms with E-state index < -0.39 is 10.0 Å². The summed E-state index contributed by atoms with van der Waals surface area (Å²) in [5.41, 5.74) is 1.25. The Labute approximate surface area is 120 Å². The molecule has 1 heterocycles. The number of benzene rings is 1. The predicted octanol–water partition coefficient (Wildman–Crippen LogP) is 1.07. The van der Waals surface area contributed by atoms with Crippen molar-refractivity contribution in [2.75, 3.05) is 13.1 Å². The third-order valence-corrected chi connectivity index (χ3v) is 5.56. The average Bonchev–Trinajstić information content (AvgIpc) is 2.38. The molecule has 0 spiro atoms. The van der Waals surface area contributed by atoms with Crippen molar-refractivity contribution in [3.05, 3.63) is 35.4 Å². The second kappa shape index (κ2) is 5.92. The minimum atomic E-state index is -3.34. The van der Waals surface area contributed by atoms with Crippen LogP contribution in [0.2, 0.25) is 0 Å². The van der Waals surface area contributed by atoms with Gasteiger partial charge in [-0.05, 0) is 31.5 Å². The lowest BCUT2D eigenvalue weighted by Gasteiger charge is -2.38. The maximum absolute atomic E-state index is 12.6. The van der Waals surface area contributed by atoms with Crippen LogP contribution in [0.3, 0.4) is 0 Å². The summed E-state index contributed by atoms with van der Waals surface area (Å²) in [7, 11) is -3.34. The third kappa shape index (κ3) is 3.18. The molecule has 0 aromatic heterocycles. The number of nitrogens with one attached hydrogen (secondary N) is 1. The van der Waals surface area contributed by atoms with E-state index in [0.717, 1.165) is 0 Å². The summed E-state index contributed by atoms with van der Waals surface area (Å²) >= 11 is 0. The van der Waals surface area contributed by atoms with Crippen molar-refractivity contribution in [3.8, 4) is 6.07 Å². The second-order valence-corrected chi connectivity index (χ2v) is 7.13. The fraction of sp³-hybridized carbons (Fsp3) is 0.500. The molecule has 0 bridgehead atoms. The molecule has 20 heavy (non-hydrogen) atoms. The molecule has 0 saturated carbocycles. The van der Waals surface area contributed by atoms with Gasteiger partial charge in [0.2, 0.25) is 10.0 Å². The Hall–Kier alpha value is -1.42. The Morgan fingerprint density at radius 1 is 1.25 bits per heavy atom. The number of rotatable bonds is 3. The summed E-state index contributed by atoms with van der Waals surface area (Å²) in [6, 6.07) is 8.65. The first kappa shape index (κ1) is 15.0. The monoisotopic (exact) mass is 293 g/mol. The van der Waals surface area contributed by atoms with Crippen LogP contribution < -0.4 is 5.32 Å². The molecule has 1 aliphatic rings. The summed E-state index contributed by atoms with van der Waals surface area (Å²) < 4.78 is 26.7. The molecule has 0 aliphatic carbocycles. The zero-order chi connectivity index (χ0) is 14.8. The van der Waals surface area contributed by atoms with Crippen LogP contribution in [0.5, 0.6) is 0 Å². The van der Waals surface area contributed by atoms with Crippen molar-refractivity contribution < 1.29 is 8.42 Å². The molecule has 2 unspecified atom stereocenters. The van der Waals surface area contributed by atoms with Gasteiger partial charge in [-0.3, -0.25) is 0 Å². The van der Waals surface area contributed by atoms with Crippen molar-refractivity contribution in [3.63, 3.8) is 0 Å². The number of nitriles is 1. The van der Waals surface area contributed by atoms with E-state index in [0.29, 0.717) is 24.2 Å². The van der Waals surface area contributed by atoms with Gasteiger partial charge in [-0.25, -0.2) is 8.42 Å². The number of sulfonamides is 1. The first-order chi connectivity index (χ1) is 9.44. The SMILES string of the molecule is CC1CNCC(C)N1S(=O)(=O)Cc1ccc(C#N)cc1. The lowest BCUT2D eigenvalue weighted by atomic mass is 10.2. The van der Waals surface area contributed by atoms with Crippen molar-refractivity contribution in [1.82, 2.24) is 9.62 Å². The van der Waals surface area contributed by atoms with E-state index in [2.05, 4.69) is 5.32 Å². The third-order valence-electron chi connectivity index (χ3n) is 3.50. The van der Waals surface area contributed by atoms with Gasteiger partial charge >= 0.3 is 0 Å². The van der Waals surface area contributed by atoms with Gasteiger partial charge in [0.05, 0.1) is 17.4 Å². The van der Waals surface area contributed by atoms with Crippen LogP contribution in [0.4, 0.5) is 0 Å². The highest BCUT2D eigenvalue weighted by atomic mass is 32.2. The van der Waals surface area contributed by atoms with E-state index in [4.69, 9.17) is 5.26 Å². The Morgan fingerprint density at radius 3 is 2.30 bits per heavy atom. The van der Waals surface area contributed by atoms with Crippen LogP contribution in [0.25, 0.3) is 0 Å². The fourth-order valence-corrected chi connectivity index (χ4v) is 4.63. The van der Waals surface area contributed by atoms with Crippen molar-refractivity contribution in [1.29, 1.82) is 5.26 Å². The minimum absolute atomic E-state index is 0.0204. The number of nitrogens with zero attached hydrogens (tertiary/aromatic N) is 2. The van der Waals surface area contributed by atoms with E-state index >= 15 is 0 Å². The van der Waals surface area contributed by atoms with Gasteiger partial charge in [0.25, 0.3) is 0 Å². The van der Waals surface area contributed by atoms with E-state index in [1.807, 2.05) is 19.9 Å². The standard InChI is InChI=1S/C14H19N3O2S/c1-11-8-16-9-12(2)17(11)20(18,19)10-14-5-3-13(7-15)4-6-14/h3-6,11-12,16H,8-10H2,1-2H3. The van der Waals surface area contributed by atoms with Crippen molar-refractivity contribution in [2.24, 2.45) is 0 Å². The van der Waals surface area contributed by atoms with Gasteiger partial charge < -0.3 is 5.32 Å². The summed E-state index contributed by atoms with van der Waals surface area (Å²) in [5.74, 6) is -0.0204. The molecule has 2 atom stereocenters. The smallest absolute Gasteiger partial charge is 0.218 e. The second-order valence-electron chi connectivity index (χ2n) is 5.25. The summed E-state index contributed by atoms with van der Waals surface area (Å²) in [5, 5.41) is 12.0. The van der Waals surface area contributed by atoms with E-state index in [1.54, 1.807) is 28.6 Å². The topological polar surface area (TPSA) is 73.2 Å². The predicted molar refractivity (Wildman–Crippen MR) is 77.4 cm³/mol. The number of piperazine rings is 1. The minimum Gasteiger partial charge on any atom is -0.314 e. The molecule has 108 valence electrons. The maximum Gasteiger partial charge on any atom is 0.218 e. The summed E-state index contributed by atoms with van der Waals surface area (Å²) in [6.45, 7) is 5.19. The molecule has 1 fully saturated rings. The maximum atomic E-state index is 12.6. The summed E-state index contributed by atoms with van der Waals surface area (Å²) in [4.78, 5) is 0. The Morgan fingerprint density at radius 2 is 1.80 bits per heavy atom. The van der Waals surface area contributed by atoms with Crippen molar-refractivity contribution in [2.45, 2.75) is 31.7 Å². The first-order valence-electron chi connectivity index (χ1n) is 6.65. The molecule has 1 saturated heterocycles. The molecule has 1 aromatic carbocycles. The molecule has 1 aromatic rings. The Balaban J connectivity index is 2.19. The van der Waals surface area contributed by atoms with Gasteiger partial charge in [-0.15, -0.1) is 0 Å². The van der Waals surface area contributed by atoms with Crippen molar-refractivity contribution >= 4 is 10.0 Å². The first-order valence-corrected chi connectivity index (χ1v) is 8.26. The van der Waals surface area contributed by atoms with Crippen LogP contribution in [0, 0.1) is 11.3 Å². The quantitative estimate of drug-likeness (QED) is 0.905. The van der Waals surface area contributed by atoms with E-state index in [1.165, 1.54) is 0 Å². The van der Waals surface area contributed by atoms with Crippen LogP contribution in [0.1, 0.15) is 25.0 Å². The molecule has 0 radical (unpaired) electrons. The van der Waals surface area contributed by atoms with Crippen LogP contribution in [-0.2, 0) is 15.8 Å². The lowest BCUT2D eigenvalue weighted by molar-refractivity contribution is 0.219. The summed E-state index contributed by atoms with van der Waals surface area (Å²) in [6.07, 6.45) is 0. The highest BCUT2D eigenvalue weighted by Crippen LogP contribution is 2.19. The van der Waals surface area contributed by atoms with Gasteiger partial charge in [-0.1, -0.05) is 12.1 Å². The fourth-order valence-electron chi connectivity index (χ4n) is 2.62. The van der Waals surface area contributed by atoms with Gasteiger partial charge in [-0.2, -0.15) is 9.57 Å². The largest absolute Gasteiger partial charge is 0.314 e. The van der Waals surface area contributed by atoms with Gasteiger partial charge in [0, 0.05) is 25.2 Å². The van der Waals surface area contributed by atoms with Crippen LogP contribution in [0.15, 0.2) is 24.3 Å². The van der Waals surface area contributed by atoms with Crippen LogP contribution in [-0.4, -0.2) is 37.9 Å². The molecule has 5 nitrogen and oxygen atoms in total. The van der Waals surface area contributed by atoms with Gasteiger partial charge in [0.1, 0.15) is 0 Å². The molecule has 2 rings (SSSR count). The highest BCUT2D eigenvalue weighted by Gasteiger charge is 2.34. The molecular weight excluding hydrogens is 274 g/mol. The van der Waals surface area contributed by atoms with E-state index in [-0.39, 0.29) is 17.8 Å². The zero-order valence-electron chi connectivity index (χ0n) is 11.7. The lowest BCUT2D eigenvalue weighted by Crippen LogP contribution is -2.57. The molecule has 1 aliphatic heterocycles. The van der Waals surface area contributed by atoms with Gasteiger partial charge in [0.15, 0.2) is 0 Å². The number of hydrogen-bond acceptors (Lipinski definition) is 4. The normalized spacial score (nSPS) is 24.2. The number of hydrogen-bond donors (Lipinski definition) is 1. The zero-order valence-corrected chi connectivity index (χ0v) is 12.5. The molecule has 0 amide bonds. The molecular formula is C14H19N3O2S. The van der Waals surface area contributed by atoms with Crippen LogP contribution >= 0.6 is 0 Å². The molecule has 6 heteroatoms. The molecule has 1 N–H and O–H groups in total. The average molecular weight is 293 g/mol. The van der Waals surface area contributed by atoms with E-state index in [9.17, 15) is 8.42 Å². The Bertz CT molecular complexity index is 594.